The molecule has 1 unspecified atom stereocenters. The van der Waals surface area contributed by atoms with Crippen LogP contribution in [0.25, 0.3) is 0 Å². The van der Waals surface area contributed by atoms with Gasteiger partial charge in [-0.15, -0.1) is 0 Å². The maximum atomic E-state index is 12.9. The Kier molecular flexibility index (Phi) is 5.27. The SMILES string of the molecule is O=C(Nc1ccc(F)cc1)C1[C@@H]2CC/C=C\CC/C=C/CC[C@@H]12. The number of amides is 1. The van der Waals surface area contributed by atoms with E-state index in [1.165, 1.54) is 12.1 Å². The van der Waals surface area contributed by atoms with E-state index in [1.54, 1.807) is 12.1 Å². The van der Waals surface area contributed by atoms with Crippen molar-refractivity contribution in [2.24, 2.45) is 17.8 Å². The molecule has 1 aromatic rings. The van der Waals surface area contributed by atoms with Crippen LogP contribution in [0.3, 0.4) is 0 Å². The van der Waals surface area contributed by atoms with Crippen molar-refractivity contribution < 1.29 is 9.18 Å². The maximum Gasteiger partial charge on any atom is 0.228 e. The summed E-state index contributed by atoms with van der Waals surface area (Å²) in [5.41, 5.74) is 0.679. The summed E-state index contributed by atoms with van der Waals surface area (Å²) in [5, 5.41) is 2.94. The molecule has 0 heterocycles. The first kappa shape index (κ1) is 16.0. The maximum absolute atomic E-state index is 12.9. The van der Waals surface area contributed by atoms with Crippen LogP contribution in [0, 0.1) is 23.6 Å². The summed E-state index contributed by atoms with van der Waals surface area (Å²) < 4.78 is 12.9. The van der Waals surface area contributed by atoms with Gasteiger partial charge in [0.2, 0.25) is 5.91 Å². The number of carbonyl (C=O) groups is 1. The van der Waals surface area contributed by atoms with Gasteiger partial charge in [-0.3, -0.25) is 4.79 Å². The van der Waals surface area contributed by atoms with Gasteiger partial charge in [0.1, 0.15) is 5.82 Å². The van der Waals surface area contributed by atoms with E-state index >= 15 is 0 Å². The minimum Gasteiger partial charge on any atom is -0.326 e. The van der Waals surface area contributed by atoms with Gasteiger partial charge in [0.25, 0.3) is 0 Å². The van der Waals surface area contributed by atoms with Gasteiger partial charge in [-0.2, -0.15) is 0 Å². The van der Waals surface area contributed by atoms with E-state index in [0.717, 1.165) is 38.5 Å². The van der Waals surface area contributed by atoms with Crippen molar-refractivity contribution in [1.82, 2.24) is 0 Å². The van der Waals surface area contributed by atoms with Crippen LogP contribution in [0.15, 0.2) is 48.6 Å². The number of halogens is 1. The highest BCUT2D eigenvalue weighted by Crippen LogP contribution is 2.52. The molecule has 0 spiro atoms. The van der Waals surface area contributed by atoms with E-state index in [2.05, 4.69) is 29.6 Å². The van der Waals surface area contributed by atoms with Crippen molar-refractivity contribution in [3.05, 3.63) is 54.4 Å². The minimum absolute atomic E-state index is 0.0921. The van der Waals surface area contributed by atoms with E-state index in [4.69, 9.17) is 0 Å². The van der Waals surface area contributed by atoms with Gasteiger partial charge in [-0.25, -0.2) is 4.39 Å². The third-order valence-corrected chi connectivity index (χ3v) is 4.91. The number of hydrogen-bond acceptors (Lipinski definition) is 1. The molecule has 1 N–H and O–H groups in total. The van der Waals surface area contributed by atoms with Gasteiger partial charge in [0.05, 0.1) is 0 Å². The lowest BCUT2D eigenvalue weighted by molar-refractivity contribution is -0.117. The fourth-order valence-electron chi connectivity index (χ4n) is 3.62. The van der Waals surface area contributed by atoms with Gasteiger partial charge in [0, 0.05) is 11.6 Å². The number of fused-ring (bicyclic) bond motifs is 1. The van der Waals surface area contributed by atoms with Gasteiger partial charge in [0.15, 0.2) is 0 Å². The second-order valence-corrected chi connectivity index (χ2v) is 6.52. The quantitative estimate of drug-likeness (QED) is 0.757. The van der Waals surface area contributed by atoms with Crippen LogP contribution >= 0.6 is 0 Å². The standard InChI is InChI=1S/C20H24FNO/c21-15-11-13-16(14-12-15)22-20(23)19-17-9-7-5-3-1-2-4-6-8-10-18(17)19/h3-6,11-14,17-19H,1-2,7-10H2,(H,22,23)/b5-3-,6-4+/t17-,18-,19?/m1/s1. The van der Waals surface area contributed by atoms with E-state index < -0.39 is 0 Å². The number of carbonyl (C=O) groups excluding carboxylic acids is 1. The predicted molar refractivity (Wildman–Crippen MR) is 91.5 cm³/mol. The van der Waals surface area contributed by atoms with Crippen molar-refractivity contribution in [3.63, 3.8) is 0 Å². The zero-order valence-electron chi connectivity index (χ0n) is 13.4. The van der Waals surface area contributed by atoms with Crippen LogP contribution in [0.5, 0.6) is 0 Å². The normalized spacial score (nSPS) is 30.2. The third kappa shape index (κ3) is 4.31. The molecular formula is C20H24FNO. The number of anilines is 1. The smallest absolute Gasteiger partial charge is 0.228 e. The number of rotatable bonds is 2. The summed E-state index contributed by atoms with van der Waals surface area (Å²) in [6.45, 7) is 0. The lowest BCUT2D eigenvalue weighted by Crippen LogP contribution is -2.15. The Labute approximate surface area is 137 Å². The summed E-state index contributed by atoms with van der Waals surface area (Å²) in [7, 11) is 0. The Hall–Kier alpha value is -1.90. The first-order valence-corrected chi connectivity index (χ1v) is 8.62. The Morgan fingerprint density at radius 1 is 0.870 bits per heavy atom. The van der Waals surface area contributed by atoms with Gasteiger partial charge < -0.3 is 5.32 Å². The number of allylic oxidation sites excluding steroid dienone is 4. The molecule has 2 aliphatic carbocycles. The third-order valence-electron chi connectivity index (χ3n) is 4.91. The lowest BCUT2D eigenvalue weighted by atomic mass is 10.1. The first-order chi connectivity index (χ1) is 11.3. The van der Waals surface area contributed by atoms with E-state index in [9.17, 15) is 9.18 Å². The lowest BCUT2D eigenvalue weighted by Gasteiger charge is -2.04. The topological polar surface area (TPSA) is 29.1 Å². The Morgan fingerprint density at radius 3 is 1.96 bits per heavy atom. The van der Waals surface area contributed by atoms with Crippen molar-refractivity contribution >= 4 is 11.6 Å². The van der Waals surface area contributed by atoms with Crippen LogP contribution in [-0.4, -0.2) is 5.91 Å². The fraction of sp³-hybridized carbons (Fsp3) is 0.450. The largest absolute Gasteiger partial charge is 0.326 e. The fourth-order valence-corrected chi connectivity index (χ4v) is 3.62. The summed E-state index contributed by atoms with van der Waals surface area (Å²) in [5.74, 6) is 0.909. The second-order valence-electron chi connectivity index (χ2n) is 6.52. The van der Waals surface area contributed by atoms with Crippen molar-refractivity contribution in [3.8, 4) is 0 Å². The molecule has 2 nitrogen and oxygen atoms in total. The zero-order valence-corrected chi connectivity index (χ0v) is 13.4. The summed E-state index contributed by atoms with van der Waals surface area (Å²) in [6, 6.07) is 5.99. The molecule has 1 saturated carbocycles. The molecule has 3 rings (SSSR count). The minimum atomic E-state index is -0.283. The van der Waals surface area contributed by atoms with E-state index in [0.29, 0.717) is 17.5 Å². The summed E-state index contributed by atoms with van der Waals surface area (Å²) in [4.78, 5) is 12.5. The number of benzene rings is 1. The van der Waals surface area contributed by atoms with Gasteiger partial charge in [-0.05, 0) is 74.6 Å². The Morgan fingerprint density at radius 2 is 1.39 bits per heavy atom. The van der Waals surface area contributed by atoms with Crippen LogP contribution < -0.4 is 5.32 Å². The first-order valence-electron chi connectivity index (χ1n) is 8.62. The van der Waals surface area contributed by atoms with Crippen LogP contribution in [-0.2, 0) is 4.79 Å². The molecule has 3 atom stereocenters. The van der Waals surface area contributed by atoms with Crippen molar-refractivity contribution in [2.75, 3.05) is 5.32 Å². The second kappa shape index (κ2) is 7.58. The highest BCUT2D eigenvalue weighted by Gasteiger charge is 2.52. The van der Waals surface area contributed by atoms with Crippen LogP contribution in [0.2, 0.25) is 0 Å². The molecule has 2 aliphatic rings. The average Bonchev–Trinajstić information content (AvgIpc) is 3.22. The van der Waals surface area contributed by atoms with E-state index in [-0.39, 0.29) is 17.6 Å². The van der Waals surface area contributed by atoms with Gasteiger partial charge >= 0.3 is 0 Å². The van der Waals surface area contributed by atoms with Gasteiger partial charge in [-0.1, -0.05) is 24.3 Å². The monoisotopic (exact) mass is 313 g/mol. The summed E-state index contributed by atoms with van der Waals surface area (Å²) in [6.07, 6.45) is 15.5. The molecule has 1 fully saturated rings. The molecular weight excluding hydrogens is 289 g/mol. The predicted octanol–water partition coefficient (Wildman–Crippen LogP) is 5.09. The number of nitrogens with one attached hydrogen (secondary N) is 1. The molecule has 122 valence electrons. The molecule has 3 heteroatoms. The molecule has 0 aromatic heterocycles. The Balaban J connectivity index is 1.60. The molecule has 0 radical (unpaired) electrons. The zero-order chi connectivity index (χ0) is 16.1. The van der Waals surface area contributed by atoms with Crippen LogP contribution in [0.4, 0.5) is 10.1 Å². The van der Waals surface area contributed by atoms with E-state index in [1.807, 2.05) is 0 Å². The summed E-state index contributed by atoms with van der Waals surface area (Å²) >= 11 is 0. The molecule has 23 heavy (non-hydrogen) atoms. The Bertz CT molecular complexity index is 566. The number of hydrogen-bond donors (Lipinski definition) is 1. The highest BCUT2D eigenvalue weighted by atomic mass is 19.1. The molecule has 1 aromatic carbocycles. The molecule has 0 saturated heterocycles. The molecule has 0 bridgehead atoms. The average molecular weight is 313 g/mol. The molecule has 0 aliphatic heterocycles. The molecule has 1 amide bonds. The highest BCUT2D eigenvalue weighted by molar-refractivity contribution is 5.94. The van der Waals surface area contributed by atoms with Crippen LogP contribution in [0.1, 0.15) is 38.5 Å². The van der Waals surface area contributed by atoms with Crippen molar-refractivity contribution in [2.45, 2.75) is 38.5 Å². The van der Waals surface area contributed by atoms with Crippen molar-refractivity contribution in [1.29, 1.82) is 0 Å².